The van der Waals surface area contributed by atoms with E-state index in [1.54, 1.807) is 28.8 Å². The van der Waals surface area contributed by atoms with Crippen molar-refractivity contribution in [3.8, 4) is 11.5 Å². The highest BCUT2D eigenvalue weighted by Crippen LogP contribution is 2.29. The molecule has 3 aromatic rings. The fraction of sp³-hybridized carbons (Fsp3) is 0.375. The van der Waals surface area contributed by atoms with Crippen LogP contribution in [0.5, 0.6) is 11.5 Å². The van der Waals surface area contributed by atoms with E-state index in [4.69, 9.17) is 4.74 Å². The summed E-state index contributed by atoms with van der Waals surface area (Å²) >= 11 is 1.20. The number of methoxy groups -OCH3 is 1. The third-order valence-electron chi connectivity index (χ3n) is 5.02. The number of carbonyl (C=O) groups excluding carboxylic acids is 1. The minimum Gasteiger partial charge on any atom is -0.493 e. The second kappa shape index (κ2) is 11.8. The molecule has 0 bridgehead atoms. The molecule has 0 unspecified atom stereocenters. The molecule has 1 aromatic heterocycles. The van der Waals surface area contributed by atoms with Crippen molar-refractivity contribution in [1.29, 1.82) is 0 Å². The van der Waals surface area contributed by atoms with Crippen molar-refractivity contribution in [2.24, 2.45) is 5.92 Å². The quantitative estimate of drug-likeness (QED) is 0.315. The molecule has 0 aliphatic carbocycles. The number of halogens is 2. The summed E-state index contributed by atoms with van der Waals surface area (Å²) in [7, 11) is 1.35. The van der Waals surface area contributed by atoms with Crippen LogP contribution >= 0.6 is 11.8 Å². The van der Waals surface area contributed by atoms with E-state index in [1.807, 2.05) is 6.07 Å². The molecule has 0 saturated heterocycles. The maximum absolute atomic E-state index is 13.0. The van der Waals surface area contributed by atoms with Crippen molar-refractivity contribution >= 4 is 28.6 Å². The number of para-hydroxylation sites is 1. The lowest BCUT2D eigenvalue weighted by atomic mass is 10.1. The molecule has 1 heterocycles. The van der Waals surface area contributed by atoms with Crippen molar-refractivity contribution in [1.82, 2.24) is 14.9 Å². The van der Waals surface area contributed by atoms with Crippen molar-refractivity contribution < 1.29 is 23.0 Å². The molecule has 1 amide bonds. The van der Waals surface area contributed by atoms with Crippen LogP contribution in [0.25, 0.3) is 10.9 Å². The van der Waals surface area contributed by atoms with Crippen LogP contribution in [-0.4, -0.2) is 34.9 Å². The Morgan fingerprint density at radius 3 is 2.65 bits per heavy atom. The number of thioether (sulfide) groups is 1. The Morgan fingerprint density at radius 1 is 1.18 bits per heavy atom. The van der Waals surface area contributed by atoms with Crippen LogP contribution in [0.3, 0.4) is 0 Å². The second-order valence-corrected chi connectivity index (χ2v) is 8.92. The first-order valence-corrected chi connectivity index (χ1v) is 11.8. The number of rotatable bonds is 11. The van der Waals surface area contributed by atoms with Crippen LogP contribution in [-0.2, 0) is 17.9 Å². The van der Waals surface area contributed by atoms with Gasteiger partial charge in [0.15, 0.2) is 16.7 Å². The van der Waals surface area contributed by atoms with E-state index in [9.17, 15) is 18.4 Å². The van der Waals surface area contributed by atoms with E-state index in [-0.39, 0.29) is 35.3 Å². The molecule has 0 fully saturated rings. The van der Waals surface area contributed by atoms with Crippen molar-refractivity contribution in [3.63, 3.8) is 0 Å². The zero-order valence-corrected chi connectivity index (χ0v) is 20.0. The highest BCUT2D eigenvalue weighted by molar-refractivity contribution is 7.99. The molecule has 182 valence electrons. The Bertz CT molecular complexity index is 1200. The highest BCUT2D eigenvalue weighted by atomic mass is 32.2. The minimum absolute atomic E-state index is 0.0656. The van der Waals surface area contributed by atoms with Gasteiger partial charge >= 0.3 is 6.61 Å². The topological polar surface area (TPSA) is 82.5 Å². The van der Waals surface area contributed by atoms with Crippen LogP contribution in [0.1, 0.15) is 25.8 Å². The zero-order chi connectivity index (χ0) is 24.7. The molecule has 0 radical (unpaired) electrons. The molecule has 0 aliphatic rings. The number of amides is 1. The van der Waals surface area contributed by atoms with Gasteiger partial charge in [-0.2, -0.15) is 8.78 Å². The van der Waals surface area contributed by atoms with E-state index < -0.39 is 6.61 Å². The molecule has 7 nitrogen and oxygen atoms in total. The number of benzene rings is 2. The molecule has 3 rings (SSSR count). The van der Waals surface area contributed by atoms with Crippen LogP contribution < -0.4 is 20.3 Å². The Hall–Kier alpha value is -3.14. The van der Waals surface area contributed by atoms with Gasteiger partial charge in [0.2, 0.25) is 5.91 Å². The van der Waals surface area contributed by atoms with Crippen LogP contribution in [0, 0.1) is 5.92 Å². The van der Waals surface area contributed by atoms with Crippen molar-refractivity contribution in [2.45, 2.75) is 45.1 Å². The zero-order valence-electron chi connectivity index (χ0n) is 19.2. The lowest BCUT2D eigenvalue weighted by Crippen LogP contribution is -2.27. The van der Waals surface area contributed by atoms with Gasteiger partial charge in [-0.1, -0.05) is 43.8 Å². The monoisotopic (exact) mass is 491 g/mol. The lowest BCUT2D eigenvalue weighted by Gasteiger charge is -2.14. The molecule has 34 heavy (non-hydrogen) atoms. The SMILES string of the molecule is COc1cc(CNC(=O)CSc2nc3ccccc3c(=O)n2CCC(C)C)ccc1OC(F)F. The number of hydrogen-bond acceptors (Lipinski definition) is 6. The molecule has 0 atom stereocenters. The molecule has 10 heteroatoms. The molecule has 0 aliphatic heterocycles. The standard InChI is InChI=1S/C24H27F2N3O4S/c1-15(2)10-11-29-22(31)17-6-4-5-7-18(17)28-24(29)34-14-21(30)27-13-16-8-9-19(33-23(25)26)20(12-16)32-3/h4-9,12,15,23H,10-11,13-14H2,1-3H3,(H,27,30). The average Bonchev–Trinajstić information content (AvgIpc) is 2.81. The molecular weight excluding hydrogens is 464 g/mol. The number of nitrogens with one attached hydrogen (secondary N) is 1. The summed E-state index contributed by atoms with van der Waals surface area (Å²) in [6, 6.07) is 11.6. The first kappa shape index (κ1) is 25.5. The molecule has 0 saturated carbocycles. The Kier molecular flexibility index (Phi) is 8.86. The normalized spacial score (nSPS) is 11.3. The fourth-order valence-electron chi connectivity index (χ4n) is 3.24. The van der Waals surface area contributed by atoms with Gasteiger partial charge in [0.1, 0.15) is 0 Å². The third kappa shape index (κ3) is 6.69. The van der Waals surface area contributed by atoms with Crippen molar-refractivity contribution in [2.75, 3.05) is 12.9 Å². The van der Waals surface area contributed by atoms with Gasteiger partial charge in [0, 0.05) is 13.1 Å². The first-order valence-electron chi connectivity index (χ1n) is 10.8. The fourth-order valence-corrected chi connectivity index (χ4v) is 4.09. The van der Waals surface area contributed by atoms with E-state index >= 15 is 0 Å². The van der Waals surface area contributed by atoms with Gasteiger partial charge in [-0.05, 0) is 42.2 Å². The Morgan fingerprint density at radius 2 is 1.94 bits per heavy atom. The van der Waals surface area contributed by atoms with Gasteiger partial charge in [-0.3, -0.25) is 14.2 Å². The second-order valence-electron chi connectivity index (χ2n) is 7.98. The molecule has 1 N–H and O–H groups in total. The predicted molar refractivity (Wildman–Crippen MR) is 128 cm³/mol. The van der Waals surface area contributed by atoms with Gasteiger partial charge in [-0.25, -0.2) is 4.98 Å². The van der Waals surface area contributed by atoms with Crippen LogP contribution in [0.2, 0.25) is 0 Å². The maximum Gasteiger partial charge on any atom is 0.387 e. The lowest BCUT2D eigenvalue weighted by molar-refractivity contribution is -0.118. The number of fused-ring (bicyclic) bond motifs is 1. The van der Waals surface area contributed by atoms with Crippen molar-refractivity contribution in [3.05, 3.63) is 58.4 Å². The minimum atomic E-state index is -2.96. The molecule has 0 spiro atoms. The Balaban J connectivity index is 1.68. The largest absolute Gasteiger partial charge is 0.493 e. The number of hydrogen-bond donors (Lipinski definition) is 1. The number of nitrogens with zero attached hydrogens (tertiary/aromatic N) is 2. The van der Waals surface area contributed by atoms with E-state index in [1.165, 1.54) is 31.0 Å². The van der Waals surface area contributed by atoms with E-state index in [0.717, 1.165) is 6.42 Å². The molecule has 2 aromatic carbocycles. The number of ether oxygens (including phenoxy) is 2. The average molecular weight is 492 g/mol. The van der Waals surface area contributed by atoms with Crippen LogP contribution in [0.15, 0.2) is 52.4 Å². The maximum atomic E-state index is 13.0. The van der Waals surface area contributed by atoms with Gasteiger partial charge in [0.05, 0.1) is 23.8 Å². The van der Waals surface area contributed by atoms with Crippen LogP contribution in [0.4, 0.5) is 8.78 Å². The summed E-state index contributed by atoms with van der Waals surface area (Å²) in [5, 5.41) is 3.83. The van der Waals surface area contributed by atoms with Gasteiger partial charge in [0.25, 0.3) is 5.56 Å². The van der Waals surface area contributed by atoms with E-state index in [2.05, 4.69) is 28.9 Å². The summed E-state index contributed by atoms with van der Waals surface area (Å²) in [4.78, 5) is 30.1. The number of aromatic nitrogens is 2. The summed E-state index contributed by atoms with van der Waals surface area (Å²) in [6.07, 6.45) is 0.812. The van der Waals surface area contributed by atoms with E-state index in [0.29, 0.717) is 34.1 Å². The third-order valence-corrected chi connectivity index (χ3v) is 6.00. The summed E-state index contributed by atoms with van der Waals surface area (Å²) in [5.74, 6) is 0.292. The Labute approximate surface area is 200 Å². The molecular formula is C24H27F2N3O4S. The smallest absolute Gasteiger partial charge is 0.387 e. The number of carbonyl (C=O) groups is 1. The summed E-state index contributed by atoms with van der Waals surface area (Å²) in [6.45, 7) is 1.90. The van der Waals surface area contributed by atoms with Gasteiger partial charge < -0.3 is 14.8 Å². The first-order chi connectivity index (χ1) is 16.3. The van der Waals surface area contributed by atoms with Gasteiger partial charge in [-0.15, -0.1) is 0 Å². The predicted octanol–water partition coefficient (Wildman–Crippen LogP) is 4.46. The summed E-state index contributed by atoms with van der Waals surface area (Å²) < 4.78 is 36.1. The highest BCUT2D eigenvalue weighted by Gasteiger charge is 2.15. The summed E-state index contributed by atoms with van der Waals surface area (Å²) in [5.41, 5.74) is 1.14. The number of alkyl halides is 2.